The van der Waals surface area contributed by atoms with Crippen LogP contribution in [0.1, 0.15) is 57.4 Å². The van der Waals surface area contributed by atoms with Crippen molar-refractivity contribution in [2.45, 2.75) is 64.3 Å². The van der Waals surface area contributed by atoms with Crippen LogP contribution in [-0.2, 0) is 16.0 Å². The summed E-state index contributed by atoms with van der Waals surface area (Å²) >= 11 is 0. The van der Waals surface area contributed by atoms with Crippen molar-refractivity contribution < 1.29 is 9.53 Å². The number of carbonyl (C=O) groups is 1. The summed E-state index contributed by atoms with van der Waals surface area (Å²) in [4.78, 5) is 11.8. The van der Waals surface area contributed by atoms with Crippen molar-refractivity contribution in [1.29, 1.82) is 0 Å². The molecule has 0 heterocycles. The highest BCUT2D eigenvalue weighted by Gasteiger charge is 2.14. The molecule has 0 saturated carbocycles. The SMILES string of the molecule is CCCCCCCCOC(=O)[C@H](N)CCc1ccccc1. The molecule has 0 spiro atoms. The molecule has 118 valence electrons. The summed E-state index contributed by atoms with van der Waals surface area (Å²) < 4.78 is 5.23. The molecule has 1 aromatic carbocycles. The Morgan fingerprint density at radius 3 is 2.48 bits per heavy atom. The Labute approximate surface area is 128 Å². The molecular formula is C18H29NO2. The molecule has 0 unspecified atom stereocenters. The van der Waals surface area contributed by atoms with Crippen LogP contribution in [0.2, 0.25) is 0 Å². The Morgan fingerprint density at radius 2 is 1.76 bits per heavy atom. The monoisotopic (exact) mass is 291 g/mol. The number of hydrogen-bond acceptors (Lipinski definition) is 3. The van der Waals surface area contributed by atoms with Crippen molar-refractivity contribution in [2.75, 3.05) is 6.61 Å². The molecule has 0 amide bonds. The lowest BCUT2D eigenvalue weighted by Crippen LogP contribution is -2.33. The summed E-state index contributed by atoms with van der Waals surface area (Å²) in [5.41, 5.74) is 7.08. The van der Waals surface area contributed by atoms with Crippen LogP contribution in [0.4, 0.5) is 0 Å². The van der Waals surface area contributed by atoms with Gasteiger partial charge in [0.15, 0.2) is 0 Å². The molecule has 0 aromatic heterocycles. The van der Waals surface area contributed by atoms with E-state index in [0.29, 0.717) is 13.0 Å². The molecule has 0 fully saturated rings. The largest absolute Gasteiger partial charge is 0.465 e. The van der Waals surface area contributed by atoms with E-state index in [1.807, 2.05) is 30.3 Å². The molecule has 1 aromatic rings. The van der Waals surface area contributed by atoms with Crippen molar-refractivity contribution in [2.24, 2.45) is 5.73 Å². The number of nitrogens with two attached hydrogens (primary N) is 1. The van der Waals surface area contributed by atoms with Gasteiger partial charge in [-0.3, -0.25) is 4.79 Å². The number of hydrogen-bond donors (Lipinski definition) is 1. The van der Waals surface area contributed by atoms with E-state index in [9.17, 15) is 4.79 Å². The first-order chi connectivity index (χ1) is 10.2. The van der Waals surface area contributed by atoms with E-state index in [2.05, 4.69) is 6.92 Å². The van der Waals surface area contributed by atoms with Crippen LogP contribution in [-0.4, -0.2) is 18.6 Å². The quantitative estimate of drug-likeness (QED) is 0.497. The summed E-state index contributed by atoms with van der Waals surface area (Å²) in [6.07, 6.45) is 8.59. The van der Waals surface area contributed by atoms with Crippen LogP contribution in [0.3, 0.4) is 0 Å². The normalized spacial score (nSPS) is 12.1. The van der Waals surface area contributed by atoms with Gasteiger partial charge in [0.2, 0.25) is 0 Å². The summed E-state index contributed by atoms with van der Waals surface area (Å²) in [6, 6.07) is 9.57. The van der Waals surface area contributed by atoms with Gasteiger partial charge >= 0.3 is 5.97 Å². The minimum absolute atomic E-state index is 0.264. The van der Waals surface area contributed by atoms with Gasteiger partial charge < -0.3 is 10.5 Å². The topological polar surface area (TPSA) is 52.3 Å². The fourth-order valence-electron chi connectivity index (χ4n) is 2.25. The molecule has 3 nitrogen and oxygen atoms in total. The van der Waals surface area contributed by atoms with Crippen LogP contribution < -0.4 is 5.73 Å². The third kappa shape index (κ3) is 8.51. The smallest absolute Gasteiger partial charge is 0.322 e. The second-order valence-corrected chi connectivity index (χ2v) is 5.57. The highest BCUT2D eigenvalue weighted by atomic mass is 16.5. The number of benzene rings is 1. The highest BCUT2D eigenvalue weighted by Crippen LogP contribution is 2.07. The van der Waals surface area contributed by atoms with Crippen molar-refractivity contribution >= 4 is 5.97 Å². The van der Waals surface area contributed by atoms with E-state index < -0.39 is 6.04 Å². The fraction of sp³-hybridized carbons (Fsp3) is 0.611. The average Bonchev–Trinajstić information content (AvgIpc) is 2.52. The molecule has 2 N–H and O–H groups in total. The standard InChI is InChI=1S/C18H29NO2/c1-2-3-4-5-6-10-15-21-18(20)17(19)14-13-16-11-8-7-9-12-16/h7-9,11-12,17H,2-6,10,13-15,19H2,1H3/t17-/m1/s1. The van der Waals surface area contributed by atoms with E-state index in [0.717, 1.165) is 19.3 Å². The van der Waals surface area contributed by atoms with Gasteiger partial charge in [-0.05, 0) is 24.8 Å². The fourth-order valence-corrected chi connectivity index (χ4v) is 2.25. The summed E-state index contributed by atoms with van der Waals surface area (Å²) in [5, 5.41) is 0. The Bertz CT molecular complexity index is 378. The lowest BCUT2D eigenvalue weighted by atomic mass is 10.1. The van der Waals surface area contributed by atoms with E-state index in [1.54, 1.807) is 0 Å². The van der Waals surface area contributed by atoms with E-state index >= 15 is 0 Å². The van der Waals surface area contributed by atoms with Crippen LogP contribution in [0.5, 0.6) is 0 Å². The van der Waals surface area contributed by atoms with Crippen LogP contribution in [0, 0.1) is 0 Å². The zero-order valence-electron chi connectivity index (χ0n) is 13.2. The molecule has 0 aliphatic heterocycles. The van der Waals surface area contributed by atoms with Crippen molar-refractivity contribution in [3.63, 3.8) is 0 Å². The number of aryl methyl sites for hydroxylation is 1. The maximum atomic E-state index is 11.8. The van der Waals surface area contributed by atoms with Gasteiger partial charge in [-0.1, -0.05) is 69.4 Å². The zero-order valence-corrected chi connectivity index (χ0v) is 13.2. The Kier molecular flexibility index (Phi) is 9.55. The average molecular weight is 291 g/mol. The molecule has 0 saturated heterocycles. The lowest BCUT2D eigenvalue weighted by Gasteiger charge is -2.11. The van der Waals surface area contributed by atoms with Crippen LogP contribution in [0.25, 0.3) is 0 Å². The third-order valence-electron chi connectivity index (χ3n) is 3.63. The number of ether oxygens (including phenoxy) is 1. The predicted octanol–water partition coefficient (Wildman–Crippen LogP) is 3.85. The second kappa shape index (κ2) is 11.3. The molecular weight excluding hydrogens is 262 g/mol. The van der Waals surface area contributed by atoms with Gasteiger partial charge in [0.25, 0.3) is 0 Å². The zero-order chi connectivity index (χ0) is 15.3. The Morgan fingerprint density at radius 1 is 1.10 bits per heavy atom. The number of carbonyl (C=O) groups excluding carboxylic acids is 1. The van der Waals surface area contributed by atoms with Crippen LogP contribution in [0.15, 0.2) is 30.3 Å². The second-order valence-electron chi connectivity index (χ2n) is 5.57. The Hall–Kier alpha value is -1.35. The minimum atomic E-state index is -0.509. The molecule has 0 bridgehead atoms. The number of rotatable bonds is 11. The first kappa shape index (κ1) is 17.7. The first-order valence-electron chi connectivity index (χ1n) is 8.20. The highest BCUT2D eigenvalue weighted by molar-refractivity contribution is 5.75. The number of esters is 1. The molecule has 1 atom stereocenters. The van der Waals surface area contributed by atoms with Crippen molar-refractivity contribution in [3.8, 4) is 0 Å². The number of unbranched alkanes of at least 4 members (excludes halogenated alkanes) is 5. The molecule has 21 heavy (non-hydrogen) atoms. The van der Waals surface area contributed by atoms with E-state index in [4.69, 9.17) is 10.5 Å². The Balaban J connectivity index is 2.06. The van der Waals surface area contributed by atoms with Crippen LogP contribution >= 0.6 is 0 Å². The molecule has 1 rings (SSSR count). The van der Waals surface area contributed by atoms with Crippen molar-refractivity contribution in [1.82, 2.24) is 0 Å². The van der Waals surface area contributed by atoms with Gasteiger partial charge in [0.05, 0.1) is 6.61 Å². The third-order valence-corrected chi connectivity index (χ3v) is 3.63. The molecule has 0 aliphatic rings. The van der Waals surface area contributed by atoms with Crippen molar-refractivity contribution in [3.05, 3.63) is 35.9 Å². The summed E-state index contributed by atoms with van der Waals surface area (Å²) in [5.74, 6) is -0.264. The minimum Gasteiger partial charge on any atom is -0.465 e. The molecule has 0 radical (unpaired) electrons. The summed E-state index contributed by atoms with van der Waals surface area (Å²) in [7, 11) is 0. The van der Waals surface area contributed by atoms with Gasteiger partial charge in [0.1, 0.15) is 6.04 Å². The maximum absolute atomic E-state index is 11.8. The van der Waals surface area contributed by atoms with E-state index in [-0.39, 0.29) is 5.97 Å². The molecule has 3 heteroatoms. The van der Waals surface area contributed by atoms with Gasteiger partial charge in [-0.15, -0.1) is 0 Å². The van der Waals surface area contributed by atoms with Gasteiger partial charge in [-0.2, -0.15) is 0 Å². The van der Waals surface area contributed by atoms with Gasteiger partial charge in [-0.25, -0.2) is 0 Å². The lowest BCUT2D eigenvalue weighted by molar-refractivity contribution is -0.145. The molecule has 0 aliphatic carbocycles. The predicted molar refractivity (Wildman–Crippen MR) is 87.1 cm³/mol. The summed E-state index contributed by atoms with van der Waals surface area (Å²) in [6.45, 7) is 2.71. The van der Waals surface area contributed by atoms with Gasteiger partial charge in [0, 0.05) is 0 Å². The maximum Gasteiger partial charge on any atom is 0.322 e. The first-order valence-corrected chi connectivity index (χ1v) is 8.20. The van der Waals surface area contributed by atoms with E-state index in [1.165, 1.54) is 31.2 Å².